The summed E-state index contributed by atoms with van der Waals surface area (Å²) in [6.45, 7) is 1.32. The van der Waals surface area contributed by atoms with Gasteiger partial charge in [0.25, 0.3) is 0 Å². The molecule has 1 atom stereocenters. The van der Waals surface area contributed by atoms with Crippen molar-refractivity contribution in [2.24, 2.45) is 0 Å². The Morgan fingerprint density at radius 3 is 2.59 bits per heavy atom. The molecule has 0 saturated heterocycles. The Hall–Kier alpha value is -2.45. The van der Waals surface area contributed by atoms with E-state index in [1.165, 1.54) is 12.1 Å². The topological polar surface area (TPSA) is 86.7 Å². The molecule has 3 rings (SSSR count). The number of hydrogen-bond donors (Lipinski definition) is 2. The molecule has 0 spiro atoms. The third kappa shape index (κ3) is 4.64. The molecule has 2 N–H and O–H groups in total. The van der Waals surface area contributed by atoms with E-state index in [0.717, 1.165) is 23.4 Å². The van der Waals surface area contributed by atoms with Crippen LogP contribution in [0.4, 0.5) is 10.1 Å². The zero-order chi connectivity index (χ0) is 19.4. The number of aliphatic carboxylic acids is 1. The van der Waals surface area contributed by atoms with Gasteiger partial charge in [-0.1, -0.05) is 18.2 Å². The number of carboxylic acid groups (broad SMARTS) is 1. The minimum absolute atomic E-state index is 0.0267. The van der Waals surface area contributed by atoms with E-state index < -0.39 is 21.8 Å². The molecule has 0 fully saturated rings. The van der Waals surface area contributed by atoms with Crippen molar-refractivity contribution in [3.05, 3.63) is 59.9 Å². The Kier molecular flexibility index (Phi) is 5.76. The van der Waals surface area contributed by atoms with Gasteiger partial charge in [0.05, 0.1) is 11.3 Å². The van der Waals surface area contributed by atoms with Gasteiger partial charge < -0.3 is 10.0 Å². The van der Waals surface area contributed by atoms with Crippen molar-refractivity contribution in [1.82, 2.24) is 4.72 Å². The van der Waals surface area contributed by atoms with Crippen LogP contribution in [0.15, 0.2) is 53.4 Å². The monoisotopic (exact) mass is 392 g/mol. The number of carbonyl (C=O) groups is 1. The number of sulfonamides is 1. The second-order valence-corrected chi connectivity index (χ2v) is 8.25. The minimum atomic E-state index is -3.69. The van der Waals surface area contributed by atoms with E-state index in [1.54, 1.807) is 0 Å². The van der Waals surface area contributed by atoms with Crippen LogP contribution in [0.2, 0.25) is 0 Å². The molecule has 0 amide bonds. The molecule has 6 nitrogen and oxygen atoms in total. The van der Waals surface area contributed by atoms with Gasteiger partial charge in [-0.2, -0.15) is 0 Å². The van der Waals surface area contributed by atoms with Crippen LogP contribution in [0.25, 0.3) is 0 Å². The fourth-order valence-corrected chi connectivity index (χ4v) is 4.38. The van der Waals surface area contributed by atoms with Gasteiger partial charge in [-0.25, -0.2) is 17.5 Å². The number of fused-ring (bicyclic) bond motifs is 1. The third-order valence-corrected chi connectivity index (χ3v) is 6.14. The molecule has 1 aliphatic rings. The first-order chi connectivity index (χ1) is 12.9. The smallest absolute Gasteiger partial charge is 0.305 e. The first kappa shape index (κ1) is 19.3. The van der Waals surface area contributed by atoms with Crippen LogP contribution in [0.5, 0.6) is 0 Å². The summed E-state index contributed by atoms with van der Waals surface area (Å²) in [5, 5.41) is 8.92. The van der Waals surface area contributed by atoms with E-state index in [9.17, 15) is 17.6 Å². The number of nitrogens with one attached hydrogen (secondary N) is 1. The van der Waals surface area contributed by atoms with Crippen molar-refractivity contribution < 1.29 is 22.7 Å². The zero-order valence-corrected chi connectivity index (χ0v) is 15.5. The normalized spacial score (nSPS) is 16.3. The lowest BCUT2D eigenvalue weighted by atomic mass is 9.98. The molecular formula is C19H21FN2O4S. The van der Waals surface area contributed by atoms with Gasteiger partial charge in [0, 0.05) is 31.2 Å². The first-order valence-corrected chi connectivity index (χ1v) is 10.2. The van der Waals surface area contributed by atoms with Crippen molar-refractivity contribution >= 4 is 21.7 Å². The highest BCUT2D eigenvalue weighted by molar-refractivity contribution is 7.89. The standard InChI is InChI=1S/C19H21FN2O4S/c20-15-5-7-16(8-6-15)27(25,26)21-11-9-14-13-22(12-10-19(23)24)18-4-2-1-3-17(14)18/h1-8,14,21H,9-13H2,(H,23,24). The number of nitrogens with zero attached hydrogens (tertiary/aromatic N) is 1. The number of para-hydroxylation sites is 1. The van der Waals surface area contributed by atoms with E-state index in [-0.39, 0.29) is 23.8 Å². The Balaban J connectivity index is 1.62. The Labute approximate surface area is 157 Å². The largest absolute Gasteiger partial charge is 0.481 e. The first-order valence-electron chi connectivity index (χ1n) is 8.68. The summed E-state index contributed by atoms with van der Waals surface area (Å²) in [5.74, 6) is -1.22. The van der Waals surface area contributed by atoms with Crippen LogP contribution in [-0.4, -0.2) is 39.1 Å². The second-order valence-electron chi connectivity index (χ2n) is 6.49. The molecule has 0 aliphatic carbocycles. The van der Waals surface area contributed by atoms with E-state index in [4.69, 9.17) is 5.11 Å². The lowest BCUT2D eigenvalue weighted by Gasteiger charge is -2.18. The molecule has 144 valence electrons. The Bertz CT molecular complexity index is 916. The number of anilines is 1. The second kappa shape index (κ2) is 8.06. The average molecular weight is 392 g/mol. The molecule has 8 heteroatoms. The molecule has 1 heterocycles. The predicted molar refractivity (Wildman–Crippen MR) is 99.9 cm³/mol. The molecule has 0 aromatic heterocycles. The van der Waals surface area contributed by atoms with Gasteiger partial charge in [-0.15, -0.1) is 0 Å². The molecule has 0 saturated carbocycles. The number of rotatable bonds is 8. The Morgan fingerprint density at radius 1 is 1.19 bits per heavy atom. The van der Waals surface area contributed by atoms with Crippen molar-refractivity contribution in [2.45, 2.75) is 23.7 Å². The highest BCUT2D eigenvalue weighted by Crippen LogP contribution is 2.37. The lowest BCUT2D eigenvalue weighted by Crippen LogP contribution is -2.28. The Morgan fingerprint density at radius 2 is 1.89 bits per heavy atom. The van der Waals surface area contributed by atoms with Gasteiger partial charge in [0.15, 0.2) is 0 Å². The maximum atomic E-state index is 13.0. The molecule has 27 heavy (non-hydrogen) atoms. The summed E-state index contributed by atoms with van der Waals surface area (Å²) in [4.78, 5) is 12.9. The third-order valence-electron chi connectivity index (χ3n) is 4.66. The van der Waals surface area contributed by atoms with E-state index in [0.29, 0.717) is 19.5 Å². The zero-order valence-electron chi connectivity index (χ0n) is 14.6. The highest BCUT2D eigenvalue weighted by atomic mass is 32.2. The van der Waals surface area contributed by atoms with Crippen LogP contribution in [-0.2, 0) is 14.8 Å². The van der Waals surface area contributed by atoms with Crippen LogP contribution in [0.1, 0.15) is 24.3 Å². The van der Waals surface area contributed by atoms with Crippen LogP contribution in [0.3, 0.4) is 0 Å². The van der Waals surface area contributed by atoms with Crippen LogP contribution < -0.4 is 9.62 Å². The molecule has 0 bridgehead atoms. The quantitative estimate of drug-likeness (QED) is 0.721. The van der Waals surface area contributed by atoms with Crippen molar-refractivity contribution in [2.75, 3.05) is 24.5 Å². The maximum Gasteiger partial charge on any atom is 0.305 e. The van der Waals surface area contributed by atoms with Crippen molar-refractivity contribution in [1.29, 1.82) is 0 Å². The van der Waals surface area contributed by atoms with Gasteiger partial charge >= 0.3 is 5.97 Å². The summed E-state index contributed by atoms with van der Waals surface area (Å²) in [6.07, 6.45) is 0.638. The van der Waals surface area contributed by atoms with E-state index in [2.05, 4.69) is 4.72 Å². The summed E-state index contributed by atoms with van der Waals surface area (Å²) in [6, 6.07) is 12.5. The van der Waals surface area contributed by atoms with Crippen molar-refractivity contribution in [3.8, 4) is 0 Å². The maximum absolute atomic E-state index is 13.0. The van der Waals surface area contributed by atoms with Gasteiger partial charge in [-0.3, -0.25) is 4.79 Å². The molecule has 1 aliphatic heterocycles. The van der Waals surface area contributed by atoms with Crippen LogP contribution >= 0.6 is 0 Å². The number of halogens is 1. The lowest BCUT2D eigenvalue weighted by molar-refractivity contribution is -0.136. The van der Waals surface area contributed by atoms with Gasteiger partial charge in [-0.05, 0) is 42.3 Å². The van der Waals surface area contributed by atoms with E-state index >= 15 is 0 Å². The van der Waals surface area contributed by atoms with Crippen molar-refractivity contribution in [3.63, 3.8) is 0 Å². The molecule has 1 unspecified atom stereocenters. The average Bonchev–Trinajstić information content (AvgIpc) is 2.98. The summed E-state index contributed by atoms with van der Waals surface area (Å²) in [5.41, 5.74) is 2.11. The minimum Gasteiger partial charge on any atom is -0.481 e. The number of benzene rings is 2. The summed E-state index contributed by atoms with van der Waals surface area (Å²) < 4.78 is 40.1. The molecular weight excluding hydrogens is 371 g/mol. The van der Waals surface area contributed by atoms with E-state index in [1.807, 2.05) is 29.2 Å². The number of carboxylic acids is 1. The fourth-order valence-electron chi connectivity index (χ4n) is 3.34. The fraction of sp³-hybridized carbons (Fsp3) is 0.316. The predicted octanol–water partition coefficient (Wildman–Crippen LogP) is 2.57. The summed E-state index contributed by atoms with van der Waals surface area (Å²) >= 11 is 0. The SMILES string of the molecule is O=C(O)CCN1CC(CCNS(=O)(=O)c2ccc(F)cc2)c2ccccc21. The molecule has 2 aromatic carbocycles. The van der Waals surface area contributed by atoms with Gasteiger partial charge in [0.1, 0.15) is 5.82 Å². The summed E-state index contributed by atoms with van der Waals surface area (Å²) in [7, 11) is -3.69. The van der Waals surface area contributed by atoms with Gasteiger partial charge in [0.2, 0.25) is 10.0 Å². The molecule has 2 aromatic rings. The number of hydrogen-bond acceptors (Lipinski definition) is 4. The van der Waals surface area contributed by atoms with Crippen LogP contribution in [0, 0.1) is 5.82 Å². The highest BCUT2D eigenvalue weighted by Gasteiger charge is 2.28. The molecule has 0 radical (unpaired) electrons.